The first-order valence-corrected chi connectivity index (χ1v) is 11.6. The zero-order chi connectivity index (χ0) is 23.5. The minimum Gasteiger partial charge on any atom is -0.386 e. The van der Waals surface area contributed by atoms with Crippen LogP contribution >= 0.6 is 11.6 Å². The van der Waals surface area contributed by atoms with Crippen LogP contribution in [0.3, 0.4) is 0 Å². The number of benzene rings is 1. The molecule has 0 spiro atoms. The first-order valence-electron chi connectivity index (χ1n) is 11.2. The molecule has 2 aromatic rings. The normalized spacial score (nSPS) is 19.2. The van der Waals surface area contributed by atoms with Crippen molar-refractivity contribution < 1.29 is 0 Å². The van der Waals surface area contributed by atoms with Crippen LogP contribution < -0.4 is 11.3 Å². The van der Waals surface area contributed by atoms with Crippen molar-refractivity contribution in [2.75, 3.05) is 0 Å². The summed E-state index contributed by atoms with van der Waals surface area (Å²) in [6, 6.07) is 7.40. The van der Waals surface area contributed by atoms with Crippen molar-refractivity contribution in [3.8, 4) is 6.07 Å². The molecule has 1 heterocycles. The zero-order valence-corrected chi connectivity index (χ0v) is 19.7. The van der Waals surface area contributed by atoms with Crippen LogP contribution in [0.5, 0.6) is 0 Å². The Labute approximate surface area is 193 Å². The molecule has 1 saturated carbocycles. The fourth-order valence-corrected chi connectivity index (χ4v) is 4.78. The number of fused-ring (bicyclic) bond motifs is 1. The lowest BCUT2D eigenvalue weighted by molar-refractivity contribution is 0.305. The molecule has 1 aliphatic rings. The molecule has 0 radical (unpaired) electrons. The van der Waals surface area contributed by atoms with E-state index in [9.17, 15) is 10.1 Å². The molecule has 1 fully saturated rings. The second-order valence-electron chi connectivity index (χ2n) is 8.81. The van der Waals surface area contributed by atoms with Gasteiger partial charge in [0.05, 0.1) is 27.5 Å². The second-order valence-corrected chi connectivity index (χ2v) is 9.22. The average Bonchev–Trinajstić information content (AvgIpc) is 2.79. The van der Waals surface area contributed by atoms with Crippen LogP contribution in [0.15, 0.2) is 28.0 Å². The van der Waals surface area contributed by atoms with Gasteiger partial charge in [0, 0.05) is 18.2 Å². The quantitative estimate of drug-likeness (QED) is 0.452. The SMILES string of the molecule is CCC(C)(N=C(N)C(C#N)C=N)C(C)c1nc2cccc(Cl)c2c(=O)n1C1CCCCC1. The van der Waals surface area contributed by atoms with Crippen LogP contribution in [-0.2, 0) is 0 Å². The van der Waals surface area contributed by atoms with Crippen molar-refractivity contribution in [2.24, 2.45) is 16.6 Å². The number of amidine groups is 1. The Morgan fingerprint density at radius 1 is 1.47 bits per heavy atom. The van der Waals surface area contributed by atoms with Crippen molar-refractivity contribution >= 4 is 34.6 Å². The van der Waals surface area contributed by atoms with E-state index in [1.807, 2.05) is 37.5 Å². The Morgan fingerprint density at radius 3 is 2.75 bits per heavy atom. The van der Waals surface area contributed by atoms with Crippen molar-refractivity contribution in [2.45, 2.75) is 76.8 Å². The second kappa shape index (κ2) is 9.83. The van der Waals surface area contributed by atoms with E-state index in [0.717, 1.165) is 31.9 Å². The van der Waals surface area contributed by atoms with E-state index in [0.29, 0.717) is 28.2 Å². The minimum atomic E-state index is -0.878. The number of aliphatic imine (C=N–C) groups is 1. The molecule has 1 aliphatic carbocycles. The van der Waals surface area contributed by atoms with Crippen LogP contribution in [0, 0.1) is 22.7 Å². The monoisotopic (exact) mass is 454 g/mol. The maximum absolute atomic E-state index is 13.7. The molecule has 3 atom stereocenters. The molecule has 3 N–H and O–H groups in total. The number of rotatable bonds is 7. The van der Waals surface area contributed by atoms with Crippen molar-refractivity contribution in [3.05, 3.63) is 39.4 Å². The number of hydrogen-bond donors (Lipinski definition) is 2. The van der Waals surface area contributed by atoms with E-state index in [4.69, 9.17) is 32.7 Å². The average molecular weight is 455 g/mol. The largest absolute Gasteiger partial charge is 0.386 e. The van der Waals surface area contributed by atoms with Gasteiger partial charge in [0.25, 0.3) is 5.56 Å². The summed E-state index contributed by atoms with van der Waals surface area (Å²) in [5.41, 5.74) is 5.86. The van der Waals surface area contributed by atoms with E-state index in [2.05, 4.69) is 0 Å². The maximum Gasteiger partial charge on any atom is 0.263 e. The number of aromatic nitrogens is 2. The van der Waals surface area contributed by atoms with Crippen LogP contribution in [0.25, 0.3) is 10.9 Å². The predicted molar refractivity (Wildman–Crippen MR) is 130 cm³/mol. The summed E-state index contributed by atoms with van der Waals surface area (Å²) in [6.07, 6.45) is 6.79. The predicted octanol–water partition coefficient (Wildman–Crippen LogP) is 4.97. The van der Waals surface area contributed by atoms with Gasteiger partial charge in [-0.25, -0.2) is 4.98 Å². The van der Waals surface area contributed by atoms with E-state index in [1.165, 1.54) is 6.42 Å². The number of nitriles is 1. The first kappa shape index (κ1) is 23.9. The third kappa shape index (κ3) is 4.42. The van der Waals surface area contributed by atoms with Crippen LogP contribution in [-0.4, -0.2) is 27.1 Å². The molecule has 1 aromatic heterocycles. The highest BCUT2D eigenvalue weighted by Gasteiger charge is 2.36. The molecule has 0 saturated heterocycles. The Hall–Kier alpha value is -2.72. The molecule has 0 amide bonds. The zero-order valence-electron chi connectivity index (χ0n) is 18.9. The molecule has 0 aliphatic heterocycles. The summed E-state index contributed by atoms with van der Waals surface area (Å²) in [5, 5.41) is 17.6. The Balaban J connectivity index is 2.23. The number of nitrogens with one attached hydrogen (secondary N) is 1. The van der Waals surface area contributed by atoms with Gasteiger partial charge in [0.1, 0.15) is 17.6 Å². The summed E-state index contributed by atoms with van der Waals surface area (Å²) < 4.78 is 1.84. The molecule has 0 bridgehead atoms. The number of hydrogen-bond acceptors (Lipinski definition) is 5. The number of halogens is 1. The summed E-state index contributed by atoms with van der Waals surface area (Å²) in [7, 11) is 0. The van der Waals surface area contributed by atoms with E-state index < -0.39 is 11.5 Å². The summed E-state index contributed by atoms with van der Waals surface area (Å²) in [6.45, 7) is 5.96. The Morgan fingerprint density at radius 2 is 2.16 bits per heavy atom. The third-order valence-electron chi connectivity index (χ3n) is 6.89. The first-order chi connectivity index (χ1) is 15.3. The highest BCUT2D eigenvalue weighted by molar-refractivity contribution is 6.35. The van der Waals surface area contributed by atoms with E-state index in [-0.39, 0.29) is 23.4 Å². The maximum atomic E-state index is 13.7. The van der Waals surface area contributed by atoms with Crippen molar-refractivity contribution in [1.82, 2.24) is 9.55 Å². The number of nitrogens with two attached hydrogens (primary N) is 1. The molecular weight excluding hydrogens is 424 g/mol. The molecule has 3 rings (SSSR count). The van der Waals surface area contributed by atoms with Gasteiger partial charge in [-0.1, -0.05) is 50.8 Å². The lowest BCUT2D eigenvalue weighted by atomic mass is 9.83. The molecule has 1 aromatic carbocycles. The van der Waals surface area contributed by atoms with Gasteiger partial charge >= 0.3 is 0 Å². The van der Waals surface area contributed by atoms with E-state index in [1.54, 1.807) is 12.1 Å². The van der Waals surface area contributed by atoms with Gasteiger partial charge in [0.15, 0.2) is 0 Å². The van der Waals surface area contributed by atoms with Gasteiger partial charge in [-0.3, -0.25) is 14.4 Å². The Kier molecular flexibility index (Phi) is 7.35. The lowest BCUT2D eigenvalue weighted by Gasteiger charge is -2.35. The fraction of sp³-hybridized carbons (Fsp3) is 0.542. The molecule has 32 heavy (non-hydrogen) atoms. The molecular formula is C24H31ClN6O. The summed E-state index contributed by atoms with van der Waals surface area (Å²) in [4.78, 5) is 23.4. The van der Waals surface area contributed by atoms with Crippen LogP contribution in [0.1, 0.15) is 77.1 Å². The van der Waals surface area contributed by atoms with Crippen molar-refractivity contribution in [1.29, 1.82) is 10.7 Å². The molecule has 7 nitrogen and oxygen atoms in total. The number of nitrogens with zero attached hydrogens (tertiary/aromatic N) is 4. The van der Waals surface area contributed by atoms with Crippen LogP contribution in [0.4, 0.5) is 0 Å². The summed E-state index contributed by atoms with van der Waals surface area (Å²) >= 11 is 6.41. The lowest BCUT2D eigenvalue weighted by Crippen LogP contribution is -2.39. The van der Waals surface area contributed by atoms with Crippen LogP contribution in [0.2, 0.25) is 5.02 Å². The highest BCUT2D eigenvalue weighted by Crippen LogP contribution is 2.37. The molecule has 3 unspecified atom stereocenters. The smallest absolute Gasteiger partial charge is 0.263 e. The third-order valence-corrected chi connectivity index (χ3v) is 7.21. The Bertz CT molecular complexity index is 1130. The fourth-order valence-electron chi connectivity index (χ4n) is 4.53. The van der Waals surface area contributed by atoms with Gasteiger partial charge in [-0.15, -0.1) is 0 Å². The highest BCUT2D eigenvalue weighted by atomic mass is 35.5. The minimum absolute atomic E-state index is 0.0673. The van der Waals surface area contributed by atoms with E-state index >= 15 is 0 Å². The van der Waals surface area contributed by atoms with Gasteiger partial charge in [-0.05, 0) is 38.3 Å². The van der Waals surface area contributed by atoms with Gasteiger partial charge in [-0.2, -0.15) is 5.26 Å². The standard InChI is InChI=1S/C24H31ClN6O/c1-4-24(3,30-21(28)16(13-26)14-27)15(2)22-29-19-12-8-11-18(25)20(19)23(32)31(22)17-9-6-5-7-10-17/h8,11-13,15-17,26H,4-7,9-10H2,1-3H3,(H2,28,30). The summed E-state index contributed by atoms with van der Waals surface area (Å²) in [5.74, 6) is -0.360. The van der Waals surface area contributed by atoms with Gasteiger partial charge < -0.3 is 11.1 Å². The molecule has 8 heteroatoms. The van der Waals surface area contributed by atoms with Gasteiger partial charge in [0.2, 0.25) is 0 Å². The molecule has 170 valence electrons. The topological polar surface area (TPSA) is 121 Å². The van der Waals surface area contributed by atoms with Crippen molar-refractivity contribution in [3.63, 3.8) is 0 Å².